The lowest BCUT2D eigenvalue weighted by Crippen LogP contribution is -2.09. The molecule has 0 fully saturated rings. The molecule has 0 atom stereocenters. The van der Waals surface area contributed by atoms with Gasteiger partial charge in [-0.2, -0.15) is 5.26 Å². The number of carbonyl (C=O) groups excluding carboxylic acids is 1. The minimum Gasteiger partial charge on any atom is -0.488 e. The Bertz CT molecular complexity index is 908. The van der Waals surface area contributed by atoms with E-state index >= 15 is 0 Å². The number of aromatic nitrogens is 1. The number of nitriles is 1. The Labute approximate surface area is 138 Å². The van der Waals surface area contributed by atoms with Crippen molar-refractivity contribution in [3.8, 4) is 23.1 Å². The molecular formula is C18H13N3O3. The second kappa shape index (κ2) is 6.67. The minimum absolute atomic E-state index is 0.0190. The van der Waals surface area contributed by atoms with Gasteiger partial charge in [-0.1, -0.05) is 41.6 Å². The molecule has 0 saturated carbocycles. The SMILES string of the molecule is N#Cc1ccccc1OCc1ccc(-c2cc(C(N)=O)on2)cc1. The van der Waals surface area contributed by atoms with Crippen LogP contribution in [0.2, 0.25) is 0 Å². The third-order valence-corrected chi connectivity index (χ3v) is 3.40. The van der Waals surface area contributed by atoms with Gasteiger partial charge in [0.15, 0.2) is 0 Å². The molecule has 0 bridgehead atoms. The van der Waals surface area contributed by atoms with Crippen molar-refractivity contribution in [1.82, 2.24) is 5.16 Å². The van der Waals surface area contributed by atoms with E-state index in [2.05, 4.69) is 11.2 Å². The number of para-hydroxylation sites is 1. The fraction of sp³-hybridized carbons (Fsp3) is 0.0556. The number of ether oxygens (including phenoxy) is 1. The average Bonchev–Trinajstić information content (AvgIpc) is 3.11. The molecule has 0 radical (unpaired) electrons. The van der Waals surface area contributed by atoms with Crippen LogP contribution in [0.5, 0.6) is 5.75 Å². The summed E-state index contributed by atoms with van der Waals surface area (Å²) in [5.41, 5.74) is 7.90. The number of rotatable bonds is 5. The van der Waals surface area contributed by atoms with Crippen molar-refractivity contribution in [2.45, 2.75) is 6.61 Å². The molecule has 1 aromatic heterocycles. The standard InChI is InChI=1S/C18H13N3O3/c19-10-14-3-1-2-4-16(14)23-11-12-5-7-13(8-6-12)15-9-17(18(20)22)24-21-15/h1-9H,11H2,(H2,20,22). The van der Waals surface area contributed by atoms with Gasteiger partial charge in [-0.15, -0.1) is 0 Å². The summed E-state index contributed by atoms with van der Waals surface area (Å²) in [4.78, 5) is 11.0. The van der Waals surface area contributed by atoms with Crippen LogP contribution in [0.4, 0.5) is 0 Å². The Balaban J connectivity index is 1.70. The fourth-order valence-electron chi connectivity index (χ4n) is 2.15. The van der Waals surface area contributed by atoms with E-state index in [1.807, 2.05) is 30.3 Å². The third kappa shape index (κ3) is 3.25. The van der Waals surface area contributed by atoms with Crippen molar-refractivity contribution in [3.63, 3.8) is 0 Å². The molecule has 2 aromatic carbocycles. The molecule has 3 aromatic rings. The van der Waals surface area contributed by atoms with E-state index in [1.165, 1.54) is 6.07 Å². The number of hydrogen-bond donors (Lipinski definition) is 1. The topological polar surface area (TPSA) is 102 Å². The molecule has 0 aliphatic rings. The van der Waals surface area contributed by atoms with Gasteiger partial charge in [-0.05, 0) is 17.7 Å². The Kier molecular flexibility index (Phi) is 4.25. The molecule has 3 rings (SSSR count). The first-order valence-electron chi connectivity index (χ1n) is 7.15. The molecular weight excluding hydrogens is 306 g/mol. The third-order valence-electron chi connectivity index (χ3n) is 3.40. The molecule has 0 saturated heterocycles. The number of carbonyl (C=O) groups is 1. The van der Waals surface area contributed by atoms with E-state index in [0.29, 0.717) is 23.6 Å². The van der Waals surface area contributed by atoms with Gasteiger partial charge in [0.1, 0.15) is 24.1 Å². The van der Waals surface area contributed by atoms with Crippen molar-refractivity contribution in [1.29, 1.82) is 5.26 Å². The lowest BCUT2D eigenvalue weighted by molar-refractivity contribution is 0.0965. The van der Waals surface area contributed by atoms with Crippen molar-refractivity contribution < 1.29 is 14.1 Å². The maximum absolute atomic E-state index is 11.0. The summed E-state index contributed by atoms with van der Waals surface area (Å²) < 4.78 is 10.5. The van der Waals surface area contributed by atoms with Gasteiger partial charge in [0, 0.05) is 11.6 Å². The highest BCUT2D eigenvalue weighted by Gasteiger charge is 2.10. The molecule has 1 amide bonds. The number of primary amides is 1. The van der Waals surface area contributed by atoms with E-state index < -0.39 is 5.91 Å². The summed E-state index contributed by atoms with van der Waals surface area (Å²) in [5, 5.41) is 12.9. The maximum atomic E-state index is 11.0. The van der Waals surface area contributed by atoms with Crippen LogP contribution < -0.4 is 10.5 Å². The monoisotopic (exact) mass is 319 g/mol. The Hall–Kier alpha value is -3.59. The van der Waals surface area contributed by atoms with E-state index in [0.717, 1.165) is 11.1 Å². The highest BCUT2D eigenvalue weighted by Crippen LogP contribution is 2.21. The second-order valence-corrected chi connectivity index (χ2v) is 5.03. The molecule has 24 heavy (non-hydrogen) atoms. The maximum Gasteiger partial charge on any atom is 0.287 e. The zero-order valence-corrected chi connectivity index (χ0v) is 12.6. The number of nitrogens with zero attached hydrogens (tertiary/aromatic N) is 2. The second-order valence-electron chi connectivity index (χ2n) is 5.03. The largest absolute Gasteiger partial charge is 0.488 e. The van der Waals surface area contributed by atoms with Crippen LogP contribution in [0, 0.1) is 11.3 Å². The van der Waals surface area contributed by atoms with Crippen LogP contribution in [0.25, 0.3) is 11.3 Å². The van der Waals surface area contributed by atoms with Crippen molar-refractivity contribution in [2.75, 3.05) is 0 Å². The van der Waals surface area contributed by atoms with Crippen LogP contribution in [0.3, 0.4) is 0 Å². The van der Waals surface area contributed by atoms with E-state index in [4.69, 9.17) is 20.3 Å². The zero-order chi connectivity index (χ0) is 16.9. The molecule has 2 N–H and O–H groups in total. The van der Waals surface area contributed by atoms with Crippen LogP contribution in [-0.2, 0) is 6.61 Å². The molecule has 0 spiro atoms. The van der Waals surface area contributed by atoms with E-state index in [9.17, 15) is 4.79 Å². The van der Waals surface area contributed by atoms with Crippen LogP contribution in [-0.4, -0.2) is 11.1 Å². The van der Waals surface area contributed by atoms with Gasteiger partial charge < -0.3 is 15.0 Å². The fourth-order valence-corrected chi connectivity index (χ4v) is 2.15. The summed E-state index contributed by atoms with van der Waals surface area (Å²) >= 11 is 0. The van der Waals surface area contributed by atoms with Crippen molar-refractivity contribution >= 4 is 5.91 Å². The lowest BCUT2D eigenvalue weighted by Gasteiger charge is -2.08. The molecule has 1 heterocycles. The molecule has 6 nitrogen and oxygen atoms in total. The lowest BCUT2D eigenvalue weighted by atomic mass is 10.1. The molecule has 0 aliphatic heterocycles. The molecule has 6 heteroatoms. The summed E-state index contributed by atoms with van der Waals surface area (Å²) in [6.45, 7) is 0.338. The highest BCUT2D eigenvalue weighted by atomic mass is 16.5. The summed E-state index contributed by atoms with van der Waals surface area (Å²) in [6, 6.07) is 18.1. The van der Waals surface area contributed by atoms with Gasteiger partial charge in [0.05, 0.1) is 5.56 Å². The Morgan fingerprint density at radius 3 is 2.62 bits per heavy atom. The Morgan fingerprint density at radius 1 is 1.21 bits per heavy atom. The summed E-state index contributed by atoms with van der Waals surface area (Å²) in [6.07, 6.45) is 0. The first-order valence-corrected chi connectivity index (χ1v) is 7.15. The highest BCUT2D eigenvalue weighted by molar-refractivity contribution is 5.90. The van der Waals surface area contributed by atoms with Crippen LogP contribution in [0.15, 0.2) is 59.1 Å². The number of benzene rings is 2. The molecule has 118 valence electrons. The smallest absolute Gasteiger partial charge is 0.287 e. The predicted octanol–water partition coefficient (Wildman–Crippen LogP) is 2.89. The summed E-state index contributed by atoms with van der Waals surface area (Å²) in [5.74, 6) is -0.0906. The number of amides is 1. The van der Waals surface area contributed by atoms with Crippen LogP contribution >= 0.6 is 0 Å². The quantitative estimate of drug-likeness (QED) is 0.779. The molecule has 0 unspecified atom stereocenters. The summed E-state index contributed by atoms with van der Waals surface area (Å²) in [7, 11) is 0. The van der Waals surface area contributed by atoms with Crippen molar-refractivity contribution in [2.24, 2.45) is 5.73 Å². The van der Waals surface area contributed by atoms with Gasteiger partial charge in [-0.3, -0.25) is 4.79 Å². The van der Waals surface area contributed by atoms with E-state index in [-0.39, 0.29) is 5.76 Å². The van der Waals surface area contributed by atoms with Gasteiger partial charge in [0.25, 0.3) is 5.91 Å². The minimum atomic E-state index is -0.657. The zero-order valence-electron chi connectivity index (χ0n) is 12.6. The Morgan fingerprint density at radius 2 is 1.96 bits per heavy atom. The predicted molar refractivity (Wildman–Crippen MR) is 85.9 cm³/mol. The van der Waals surface area contributed by atoms with Crippen LogP contribution in [0.1, 0.15) is 21.7 Å². The average molecular weight is 319 g/mol. The first kappa shape index (κ1) is 15.3. The molecule has 0 aliphatic carbocycles. The number of hydrogen-bond acceptors (Lipinski definition) is 5. The van der Waals surface area contributed by atoms with Gasteiger partial charge in [0.2, 0.25) is 5.76 Å². The number of nitrogens with two attached hydrogens (primary N) is 1. The van der Waals surface area contributed by atoms with Gasteiger partial charge in [-0.25, -0.2) is 0 Å². The first-order chi connectivity index (χ1) is 11.7. The van der Waals surface area contributed by atoms with Crippen molar-refractivity contribution in [3.05, 3.63) is 71.5 Å². The van der Waals surface area contributed by atoms with Gasteiger partial charge >= 0.3 is 0 Å². The normalized spacial score (nSPS) is 10.1. The van der Waals surface area contributed by atoms with E-state index in [1.54, 1.807) is 18.2 Å².